The third-order valence-electron chi connectivity index (χ3n) is 5.62. The molecule has 0 saturated heterocycles. The molecule has 0 aliphatic rings. The van der Waals surface area contributed by atoms with Crippen molar-refractivity contribution in [1.82, 2.24) is 4.90 Å². The van der Waals surface area contributed by atoms with Gasteiger partial charge >= 0.3 is 6.18 Å². The van der Waals surface area contributed by atoms with Crippen LogP contribution in [0, 0.1) is 6.92 Å². The van der Waals surface area contributed by atoms with Crippen LogP contribution in [0.25, 0.3) is 0 Å². The predicted octanol–water partition coefficient (Wildman–Crippen LogP) is 4.64. The summed E-state index contributed by atoms with van der Waals surface area (Å²) in [5.41, 5.74) is -2.03. The van der Waals surface area contributed by atoms with E-state index in [1.165, 1.54) is 33.5 Å². The topological polar surface area (TPSA) is 72.8 Å². The number of nitrogens with zero attached hydrogens (tertiary/aromatic N) is 2. The van der Waals surface area contributed by atoms with Crippen LogP contribution in [-0.2, 0) is 16.8 Å². The number of hydrogen-bond acceptors (Lipinski definition) is 6. The van der Waals surface area contributed by atoms with Crippen molar-refractivity contribution in [2.45, 2.75) is 32.0 Å². The van der Waals surface area contributed by atoms with Crippen LogP contribution in [0.4, 0.5) is 18.9 Å². The number of methoxy groups -OCH3 is 3. The molecule has 2 aromatic carbocycles. The predicted molar refractivity (Wildman–Crippen MR) is 128 cm³/mol. The fourth-order valence-electron chi connectivity index (χ4n) is 3.31. The maximum atomic E-state index is 14.1. The van der Waals surface area contributed by atoms with E-state index in [4.69, 9.17) is 18.9 Å². The SMILES string of the molecule is CCN(C)C=Nc1cc(OC)c(C(O)(COCCc2ccc(OC)c(OC)c2)C(F)(F)F)cc1C. The van der Waals surface area contributed by atoms with E-state index in [-0.39, 0.29) is 12.4 Å². The van der Waals surface area contributed by atoms with Crippen molar-refractivity contribution >= 4 is 12.0 Å². The third-order valence-corrected chi connectivity index (χ3v) is 5.62. The summed E-state index contributed by atoms with van der Waals surface area (Å²) >= 11 is 0. The van der Waals surface area contributed by atoms with Crippen molar-refractivity contribution in [3.63, 3.8) is 0 Å². The molecule has 1 atom stereocenters. The molecule has 0 aliphatic carbocycles. The number of rotatable bonds is 12. The molecule has 0 heterocycles. The first kappa shape index (κ1) is 28.3. The molecule has 2 rings (SSSR count). The largest absolute Gasteiger partial charge is 0.496 e. The van der Waals surface area contributed by atoms with Gasteiger partial charge in [0.1, 0.15) is 5.75 Å². The Hall–Kier alpha value is -2.98. The van der Waals surface area contributed by atoms with E-state index in [0.717, 1.165) is 5.56 Å². The quantitative estimate of drug-likeness (QED) is 0.261. The third kappa shape index (κ3) is 6.79. The molecule has 0 aliphatic heterocycles. The highest BCUT2D eigenvalue weighted by Crippen LogP contribution is 2.45. The summed E-state index contributed by atoms with van der Waals surface area (Å²) in [4.78, 5) is 6.13. The summed E-state index contributed by atoms with van der Waals surface area (Å²) in [5, 5.41) is 10.8. The Morgan fingerprint density at radius 1 is 1.00 bits per heavy atom. The van der Waals surface area contributed by atoms with Gasteiger partial charge in [0.25, 0.3) is 0 Å². The van der Waals surface area contributed by atoms with Gasteiger partial charge in [-0.05, 0) is 49.6 Å². The fourth-order valence-corrected chi connectivity index (χ4v) is 3.31. The summed E-state index contributed by atoms with van der Waals surface area (Å²) in [6.45, 7) is 3.22. The summed E-state index contributed by atoms with van der Waals surface area (Å²) in [7, 11) is 6.08. The number of aryl methyl sites for hydroxylation is 1. The number of ether oxygens (including phenoxy) is 4. The van der Waals surface area contributed by atoms with Gasteiger partial charge < -0.3 is 29.0 Å². The molecule has 7 nitrogen and oxygen atoms in total. The molecule has 0 spiro atoms. The van der Waals surface area contributed by atoms with Gasteiger partial charge in [-0.3, -0.25) is 0 Å². The van der Waals surface area contributed by atoms with Crippen LogP contribution >= 0.6 is 0 Å². The highest BCUT2D eigenvalue weighted by atomic mass is 19.4. The van der Waals surface area contributed by atoms with E-state index in [1.54, 1.807) is 31.5 Å². The first-order valence-electron chi connectivity index (χ1n) is 11.0. The highest BCUT2D eigenvalue weighted by Gasteiger charge is 2.56. The number of alkyl halides is 3. The Balaban J connectivity index is 2.25. The Bertz CT molecular complexity index is 1010. The normalized spacial score (nSPS) is 13.5. The zero-order valence-electron chi connectivity index (χ0n) is 20.9. The molecule has 0 amide bonds. The number of aliphatic imine (C=N–C) groups is 1. The van der Waals surface area contributed by atoms with Gasteiger partial charge in [0.2, 0.25) is 5.60 Å². The van der Waals surface area contributed by atoms with Gasteiger partial charge in [0.05, 0.1) is 46.6 Å². The molecule has 0 aromatic heterocycles. The van der Waals surface area contributed by atoms with Crippen LogP contribution in [0.3, 0.4) is 0 Å². The molecule has 1 N–H and O–H groups in total. The Morgan fingerprint density at radius 3 is 2.23 bits per heavy atom. The molecule has 0 bridgehead atoms. The Labute approximate surface area is 204 Å². The van der Waals surface area contributed by atoms with Crippen molar-refractivity contribution in [3.05, 3.63) is 47.0 Å². The molecule has 0 saturated carbocycles. The number of aliphatic hydroxyl groups is 1. The van der Waals surface area contributed by atoms with Crippen LogP contribution in [0.5, 0.6) is 17.2 Å². The summed E-state index contributed by atoms with van der Waals surface area (Å²) in [5.74, 6) is 0.912. The maximum absolute atomic E-state index is 14.1. The van der Waals surface area contributed by atoms with E-state index in [1.807, 2.05) is 18.9 Å². The molecule has 0 fully saturated rings. The Kier molecular flexibility index (Phi) is 9.79. The lowest BCUT2D eigenvalue weighted by Crippen LogP contribution is -2.46. The monoisotopic (exact) mass is 498 g/mol. The zero-order chi connectivity index (χ0) is 26.2. The lowest BCUT2D eigenvalue weighted by molar-refractivity contribution is -0.282. The minimum Gasteiger partial charge on any atom is -0.496 e. The molecule has 2 aromatic rings. The standard InChI is InChI=1S/C25H33F3N2O5/c1-7-30(3)16-29-20-14-22(33-5)19(12-17(20)2)24(31,25(26,27)28)15-35-11-10-18-8-9-21(32-4)23(13-18)34-6/h8-9,12-14,16,31H,7,10-11,15H2,1-6H3. The van der Waals surface area contributed by atoms with Crippen LogP contribution in [-0.4, -0.2) is 70.7 Å². The van der Waals surface area contributed by atoms with Crippen molar-refractivity contribution in [3.8, 4) is 17.2 Å². The minimum atomic E-state index is -5.01. The van der Waals surface area contributed by atoms with Crippen LogP contribution < -0.4 is 14.2 Å². The van der Waals surface area contributed by atoms with Crippen molar-refractivity contribution in [2.24, 2.45) is 4.99 Å². The Morgan fingerprint density at radius 2 is 1.66 bits per heavy atom. The maximum Gasteiger partial charge on any atom is 0.423 e. The lowest BCUT2D eigenvalue weighted by atomic mass is 9.91. The lowest BCUT2D eigenvalue weighted by Gasteiger charge is -2.32. The summed E-state index contributed by atoms with van der Waals surface area (Å²) < 4.78 is 63.3. The van der Waals surface area contributed by atoms with Crippen molar-refractivity contribution in [2.75, 3.05) is 48.1 Å². The van der Waals surface area contributed by atoms with Crippen molar-refractivity contribution in [1.29, 1.82) is 0 Å². The number of halogens is 3. The second-order valence-electron chi connectivity index (χ2n) is 8.01. The van der Waals surface area contributed by atoms with Gasteiger partial charge in [-0.1, -0.05) is 6.07 Å². The molecule has 0 radical (unpaired) electrons. The van der Waals surface area contributed by atoms with Gasteiger partial charge in [-0.25, -0.2) is 4.99 Å². The van der Waals surface area contributed by atoms with Gasteiger partial charge in [-0.2, -0.15) is 13.2 Å². The van der Waals surface area contributed by atoms with Gasteiger partial charge in [0.15, 0.2) is 11.5 Å². The first-order valence-corrected chi connectivity index (χ1v) is 11.0. The molecular formula is C25H33F3N2O5. The highest BCUT2D eigenvalue weighted by molar-refractivity contribution is 5.65. The van der Waals surface area contributed by atoms with E-state index >= 15 is 0 Å². The van der Waals surface area contributed by atoms with Gasteiger partial charge in [-0.15, -0.1) is 0 Å². The van der Waals surface area contributed by atoms with E-state index in [9.17, 15) is 18.3 Å². The van der Waals surface area contributed by atoms with E-state index < -0.39 is 23.9 Å². The number of hydrogen-bond donors (Lipinski definition) is 1. The fraction of sp³-hybridized carbons (Fsp3) is 0.480. The van der Waals surface area contributed by atoms with Crippen LogP contribution in [0.2, 0.25) is 0 Å². The van der Waals surface area contributed by atoms with E-state index in [2.05, 4.69) is 4.99 Å². The van der Waals surface area contributed by atoms with Crippen LogP contribution in [0.1, 0.15) is 23.6 Å². The average Bonchev–Trinajstić information content (AvgIpc) is 2.84. The smallest absolute Gasteiger partial charge is 0.423 e. The van der Waals surface area contributed by atoms with Crippen molar-refractivity contribution < 1.29 is 37.2 Å². The molecule has 10 heteroatoms. The molecule has 194 valence electrons. The second kappa shape index (κ2) is 12.1. The summed E-state index contributed by atoms with van der Waals surface area (Å²) in [6, 6.07) is 7.81. The molecule has 1 unspecified atom stereocenters. The number of benzene rings is 2. The van der Waals surface area contributed by atoms with Gasteiger partial charge in [0, 0.05) is 25.2 Å². The average molecular weight is 499 g/mol. The minimum absolute atomic E-state index is 0.0547. The van der Waals surface area contributed by atoms with E-state index in [0.29, 0.717) is 35.7 Å². The molecule has 35 heavy (non-hydrogen) atoms. The zero-order valence-corrected chi connectivity index (χ0v) is 20.9. The first-order chi connectivity index (χ1) is 16.5. The second-order valence-corrected chi connectivity index (χ2v) is 8.01. The van der Waals surface area contributed by atoms with Crippen LogP contribution in [0.15, 0.2) is 35.3 Å². The summed E-state index contributed by atoms with van der Waals surface area (Å²) in [6.07, 6.45) is -3.12. The molecular weight excluding hydrogens is 465 g/mol.